The van der Waals surface area contributed by atoms with Crippen molar-refractivity contribution in [3.05, 3.63) is 58.1 Å². The molecule has 0 radical (unpaired) electrons. The van der Waals surface area contributed by atoms with Gasteiger partial charge >= 0.3 is 0 Å². The van der Waals surface area contributed by atoms with Crippen molar-refractivity contribution in [2.75, 3.05) is 30.8 Å². The number of ether oxygens (including phenoxy) is 1. The van der Waals surface area contributed by atoms with E-state index in [-0.39, 0.29) is 37.7 Å². The van der Waals surface area contributed by atoms with Crippen molar-refractivity contribution >= 4 is 50.7 Å². The lowest BCUT2D eigenvalue weighted by molar-refractivity contribution is -0.140. The molecule has 0 saturated carbocycles. The molecular formula is C24H31Cl2N3O5S. The van der Waals surface area contributed by atoms with Gasteiger partial charge in [-0.3, -0.25) is 13.9 Å². The standard InChI is InChI=1S/C24H31Cl2N3O5S/c1-5-27-24(31)17(2)28(16-18-8-9-19(25)15-22(18)26)23(30)7-6-14-29(35(4,32)33)20-10-12-21(34-3)13-11-20/h8-13,15,17H,5-7,14,16H2,1-4H3,(H,27,31)/t17-/m0/s1. The second kappa shape index (κ2) is 13.0. The molecule has 2 rings (SSSR count). The van der Waals surface area contributed by atoms with Gasteiger partial charge in [0, 0.05) is 36.1 Å². The van der Waals surface area contributed by atoms with Gasteiger partial charge in [-0.25, -0.2) is 8.42 Å². The Bertz CT molecular complexity index is 1130. The van der Waals surface area contributed by atoms with Crippen LogP contribution in [0, 0.1) is 0 Å². The Morgan fingerprint density at radius 2 is 1.77 bits per heavy atom. The van der Waals surface area contributed by atoms with E-state index in [1.807, 2.05) is 0 Å². The molecule has 8 nitrogen and oxygen atoms in total. The summed E-state index contributed by atoms with van der Waals surface area (Å²) in [5, 5.41) is 3.59. The number of carbonyl (C=O) groups excluding carboxylic acids is 2. The first-order valence-corrected chi connectivity index (χ1v) is 13.7. The van der Waals surface area contributed by atoms with E-state index in [4.69, 9.17) is 27.9 Å². The van der Waals surface area contributed by atoms with Crippen molar-refractivity contribution in [3.63, 3.8) is 0 Å². The van der Waals surface area contributed by atoms with Gasteiger partial charge in [-0.1, -0.05) is 29.3 Å². The smallest absolute Gasteiger partial charge is 0.242 e. The molecule has 2 aromatic carbocycles. The molecule has 0 heterocycles. The Morgan fingerprint density at radius 3 is 2.31 bits per heavy atom. The van der Waals surface area contributed by atoms with Crippen molar-refractivity contribution < 1.29 is 22.7 Å². The molecule has 0 fully saturated rings. The van der Waals surface area contributed by atoms with Crippen LogP contribution in [0.2, 0.25) is 10.0 Å². The molecule has 35 heavy (non-hydrogen) atoms. The van der Waals surface area contributed by atoms with Crippen LogP contribution in [0.3, 0.4) is 0 Å². The fourth-order valence-corrected chi connectivity index (χ4v) is 4.92. The molecule has 1 N–H and O–H groups in total. The topological polar surface area (TPSA) is 96.0 Å². The van der Waals surface area contributed by atoms with E-state index >= 15 is 0 Å². The number of rotatable bonds is 12. The monoisotopic (exact) mass is 543 g/mol. The highest BCUT2D eigenvalue weighted by Crippen LogP contribution is 2.25. The summed E-state index contributed by atoms with van der Waals surface area (Å²) in [6, 6.07) is 10.8. The van der Waals surface area contributed by atoms with Crippen molar-refractivity contribution in [2.24, 2.45) is 0 Å². The van der Waals surface area contributed by atoms with Crippen LogP contribution >= 0.6 is 23.2 Å². The van der Waals surface area contributed by atoms with Crippen LogP contribution in [0.5, 0.6) is 5.75 Å². The molecule has 11 heteroatoms. The van der Waals surface area contributed by atoms with Crippen LogP contribution < -0.4 is 14.4 Å². The van der Waals surface area contributed by atoms with Crippen LogP contribution in [-0.2, 0) is 26.2 Å². The summed E-state index contributed by atoms with van der Waals surface area (Å²) in [4.78, 5) is 27.2. The quantitative estimate of drug-likeness (QED) is 0.434. The lowest BCUT2D eigenvalue weighted by Gasteiger charge is -2.29. The molecule has 0 aromatic heterocycles. The number of hydrogen-bond donors (Lipinski definition) is 1. The van der Waals surface area contributed by atoms with Gasteiger partial charge in [-0.05, 0) is 62.2 Å². The van der Waals surface area contributed by atoms with Crippen LogP contribution in [-0.4, -0.2) is 57.6 Å². The van der Waals surface area contributed by atoms with Gasteiger partial charge in [0.25, 0.3) is 0 Å². The number of nitrogens with one attached hydrogen (secondary N) is 1. The maximum Gasteiger partial charge on any atom is 0.242 e. The van der Waals surface area contributed by atoms with Crippen LogP contribution in [0.25, 0.3) is 0 Å². The number of benzene rings is 2. The van der Waals surface area contributed by atoms with Crippen LogP contribution in [0.4, 0.5) is 5.69 Å². The number of sulfonamides is 1. The van der Waals surface area contributed by atoms with Gasteiger partial charge in [-0.15, -0.1) is 0 Å². The Kier molecular flexibility index (Phi) is 10.7. The molecule has 0 aliphatic rings. The SMILES string of the molecule is CCNC(=O)[C@H](C)N(Cc1ccc(Cl)cc1Cl)C(=O)CCCN(c1ccc(OC)cc1)S(C)(=O)=O. The van der Waals surface area contributed by atoms with Gasteiger partial charge in [0.05, 0.1) is 19.1 Å². The zero-order valence-corrected chi connectivity index (χ0v) is 22.6. The average molecular weight is 545 g/mol. The average Bonchev–Trinajstić information content (AvgIpc) is 2.80. The lowest BCUT2D eigenvalue weighted by atomic mass is 10.1. The molecule has 0 aliphatic carbocycles. The maximum atomic E-state index is 13.2. The second-order valence-corrected chi connectivity index (χ2v) is 10.7. The molecule has 192 valence electrons. The Balaban J connectivity index is 2.18. The molecule has 1 atom stereocenters. The minimum atomic E-state index is -3.58. The predicted molar refractivity (Wildman–Crippen MR) is 140 cm³/mol. The third-order valence-electron chi connectivity index (χ3n) is 5.39. The van der Waals surface area contributed by atoms with Gasteiger partial charge in [-0.2, -0.15) is 0 Å². The summed E-state index contributed by atoms with van der Waals surface area (Å²) in [6.07, 6.45) is 1.41. The Labute approximate surface area is 217 Å². The first-order chi connectivity index (χ1) is 16.5. The first kappa shape index (κ1) is 28.7. The van der Waals surface area contributed by atoms with E-state index in [1.54, 1.807) is 56.3 Å². The van der Waals surface area contributed by atoms with Gasteiger partial charge in [0.15, 0.2) is 0 Å². The van der Waals surface area contributed by atoms with Crippen molar-refractivity contribution in [1.29, 1.82) is 0 Å². The molecule has 0 unspecified atom stereocenters. The number of halogens is 2. The van der Waals surface area contributed by atoms with E-state index in [0.29, 0.717) is 33.6 Å². The van der Waals surface area contributed by atoms with E-state index in [0.717, 1.165) is 6.26 Å². The van der Waals surface area contributed by atoms with E-state index < -0.39 is 16.1 Å². The fourth-order valence-electron chi connectivity index (χ4n) is 3.49. The lowest BCUT2D eigenvalue weighted by Crippen LogP contribution is -2.47. The number of carbonyl (C=O) groups is 2. The normalized spacial score (nSPS) is 12.1. The first-order valence-electron chi connectivity index (χ1n) is 11.1. The Morgan fingerprint density at radius 1 is 1.11 bits per heavy atom. The summed E-state index contributed by atoms with van der Waals surface area (Å²) >= 11 is 12.3. The summed E-state index contributed by atoms with van der Waals surface area (Å²) in [5.74, 6) is 0.0214. The number of nitrogens with zero attached hydrogens (tertiary/aromatic N) is 2. The van der Waals surface area contributed by atoms with Gasteiger partial charge < -0.3 is 15.0 Å². The van der Waals surface area contributed by atoms with Gasteiger partial charge in [0.1, 0.15) is 11.8 Å². The van der Waals surface area contributed by atoms with Crippen molar-refractivity contribution in [2.45, 2.75) is 39.3 Å². The number of amides is 2. The number of likely N-dealkylation sites (N-methyl/N-ethyl adjacent to an activating group) is 1. The highest BCUT2D eigenvalue weighted by Gasteiger charge is 2.27. The fraction of sp³-hybridized carbons (Fsp3) is 0.417. The van der Waals surface area contributed by atoms with E-state index in [2.05, 4.69) is 5.32 Å². The molecular weight excluding hydrogens is 513 g/mol. The zero-order valence-electron chi connectivity index (χ0n) is 20.3. The largest absolute Gasteiger partial charge is 0.497 e. The third-order valence-corrected chi connectivity index (χ3v) is 7.17. The predicted octanol–water partition coefficient (Wildman–Crippen LogP) is 4.10. The maximum absolute atomic E-state index is 13.2. The summed E-state index contributed by atoms with van der Waals surface area (Å²) < 4.78 is 31.2. The zero-order chi connectivity index (χ0) is 26.2. The molecule has 0 aliphatic heterocycles. The molecule has 0 spiro atoms. The second-order valence-electron chi connectivity index (χ2n) is 7.96. The van der Waals surface area contributed by atoms with Crippen LogP contribution in [0.15, 0.2) is 42.5 Å². The van der Waals surface area contributed by atoms with Crippen LogP contribution in [0.1, 0.15) is 32.3 Å². The number of anilines is 1. The Hall–Kier alpha value is -2.49. The highest BCUT2D eigenvalue weighted by molar-refractivity contribution is 7.92. The summed E-state index contributed by atoms with van der Waals surface area (Å²) in [7, 11) is -2.05. The minimum Gasteiger partial charge on any atom is -0.497 e. The van der Waals surface area contributed by atoms with E-state index in [9.17, 15) is 18.0 Å². The molecule has 2 aromatic rings. The molecule has 0 bridgehead atoms. The molecule has 2 amide bonds. The minimum absolute atomic E-state index is 0.0388. The summed E-state index contributed by atoms with van der Waals surface area (Å²) in [6.45, 7) is 4.08. The van der Waals surface area contributed by atoms with E-state index in [1.165, 1.54) is 16.3 Å². The summed E-state index contributed by atoms with van der Waals surface area (Å²) in [5.41, 5.74) is 1.12. The molecule has 0 saturated heterocycles. The number of hydrogen-bond acceptors (Lipinski definition) is 5. The van der Waals surface area contributed by atoms with Crippen molar-refractivity contribution in [3.8, 4) is 5.75 Å². The highest BCUT2D eigenvalue weighted by atomic mass is 35.5. The number of methoxy groups -OCH3 is 1. The third kappa shape index (κ3) is 8.30. The van der Waals surface area contributed by atoms with Gasteiger partial charge in [0.2, 0.25) is 21.8 Å². The van der Waals surface area contributed by atoms with Crippen molar-refractivity contribution in [1.82, 2.24) is 10.2 Å².